The summed E-state index contributed by atoms with van der Waals surface area (Å²) in [5.41, 5.74) is 6.17. The van der Waals surface area contributed by atoms with Gasteiger partial charge in [-0.1, -0.05) is 24.3 Å². The molecule has 1 saturated heterocycles. The number of halogens is 4. The van der Waals surface area contributed by atoms with Crippen molar-refractivity contribution in [1.82, 2.24) is 15.3 Å². The number of cyclic esters (lactones) is 1. The van der Waals surface area contributed by atoms with Gasteiger partial charge in [0.05, 0.1) is 29.2 Å². The summed E-state index contributed by atoms with van der Waals surface area (Å²) in [7, 11) is 0. The molecule has 4 rings (SSSR count). The van der Waals surface area contributed by atoms with Crippen LogP contribution in [0.15, 0.2) is 54.7 Å². The quantitative estimate of drug-likeness (QED) is 0.283. The van der Waals surface area contributed by atoms with E-state index in [0.29, 0.717) is 16.6 Å². The number of hydrogen-bond donors (Lipinski definition) is 2. The first-order valence-electron chi connectivity index (χ1n) is 12.7. The van der Waals surface area contributed by atoms with Gasteiger partial charge in [0.1, 0.15) is 17.6 Å². The molecule has 1 fully saturated rings. The zero-order valence-corrected chi connectivity index (χ0v) is 21.6. The van der Waals surface area contributed by atoms with Crippen molar-refractivity contribution in [2.45, 2.75) is 62.9 Å². The molecule has 1 aliphatic heterocycles. The molecule has 0 bridgehead atoms. The van der Waals surface area contributed by atoms with Crippen LogP contribution < -0.4 is 11.1 Å². The van der Waals surface area contributed by atoms with Gasteiger partial charge in [0.25, 0.3) is 5.91 Å². The number of fused-ring (bicyclic) bond motifs is 1. The Balaban J connectivity index is 1.48. The fourth-order valence-electron chi connectivity index (χ4n) is 4.71. The van der Waals surface area contributed by atoms with E-state index in [2.05, 4.69) is 15.3 Å². The van der Waals surface area contributed by atoms with Gasteiger partial charge in [-0.25, -0.2) is 9.37 Å². The maximum atomic E-state index is 13.9. The van der Waals surface area contributed by atoms with Gasteiger partial charge in [-0.2, -0.15) is 13.2 Å². The molecule has 0 spiro atoms. The number of hydrogen-bond acceptors (Lipinski definition) is 7. The summed E-state index contributed by atoms with van der Waals surface area (Å²) >= 11 is 0. The van der Waals surface area contributed by atoms with Gasteiger partial charge in [0.15, 0.2) is 0 Å². The molecule has 3 aromatic rings. The van der Waals surface area contributed by atoms with E-state index in [-0.39, 0.29) is 31.4 Å². The molecule has 0 radical (unpaired) electrons. The molecule has 3 N–H and O–H groups in total. The second-order valence-corrected chi connectivity index (χ2v) is 10.4. The minimum Gasteiger partial charge on any atom is -0.460 e. The van der Waals surface area contributed by atoms with Crippen LogP contribution in [0.2, 0.25) is 0 Å². The van der Waals surface area contributed by atoms with Crippen molar-refractivity contribution in [2.24, 2.45) is 11.7 Å². The molecule has 0 saturated carbocycles. The van der Waals surface area contributed by atoms with Gasteiger partial charge in [0, 0.05) is 12.0 Å². The summed E-state index contributed by atoms with van der Waals surface area (Å²) in [5.74, 6) is -4.27. The first-order chi connectivity index (χ1) is 18.8. The lowest BCUT2D eigenvalue weighted by Gasteiger charge is -2.25. The van der Waals surface area contributed by atoms with E-state index in [9.17, 15) is 31.9 Å². The number of Topliss-reactive ketones (excluding diaryl/α,β-unsaturated/α-hetero) is 1. The number of nitrogens with two attached hydrogens (primary N) is 1. The maximum absolute atomic E-state index is 13.9. The summed E-state index contributed by atoms with van der Waals surface area (Å²) in [5, 5.41) is 2.83. The normalized spacial score (nSPS) is 19.6. The van der Waals surface area contributed by atoms with Crippen LogP contribution in [-0.2, 0) is 20.7 Å². The molecular weight excluding hydrogens is 532 g/mol. The van der Waals surface area contributed by atoms with Crippen LogP contribution in [0.25, 0.3) is 11.0 Å². The van der Waals surface area contributed by atoms with Crippen LogP contribution in [0.3, 0.4) is 0 Å². The van der Waals surface area contributed by atoms with Gasteiger partial charge in [-0.3, -0.25) is 19.4 Å². The summed E-state index contributed by atoms with van der Waals surface area (Å²) < 4.78 is 57.5. The number of nitrogens with one attached hydrogen (secondary N) is 1. The molecule has 212 valence electrons. The Labute approximate surface area is 227 Å². The van der Waals surface area contributed by atoms with Gasteiger partial charge >= 0.3 is 12.1 Å². The van der Waals surface area contributed by atoms with Crippen molar-refractivity contribution < 1.29 is 36.7 Å². The Kier molecular flexibility index (Phi) is 8.48. The van der Waals surface area contributed by atoms with Crippen molar-refractivity contribution in [2.75, 3.05) is 0 Å². The molecule has 2 aromatic carbocycles. The highest BCUT2D eigenvalue weighted by molar-refractivity contribution is 5.94. The molecule has 1 aliphatic rings. The van der Waals surface area contributed by atoms with Gasteiger partial charge < -0.3 is 15.8 Å². The van der Waals surface area contributed by atoms with E-state index >= 15 is 0 Å². The predicted octanol–water partition coefficient (Wildman–Crippen LogP) is 4.06. The molecule has 4 atom stereocenters. The summed E-state index contributed by atoms with van der Waals surface area (Å²) in [6.45, 7) is 1.33. The lowest BCUT2D eigenvalue weighted by atomic mass is 9.85. The predicted molar refractivity (Wildman–Crippen MR) is 136 cm³/mol. The Morgan fingerprint density at radius 3 is 2.58 bits per heavy atom. The number of amides is 1. The molecule has 1 amide bonds. The molecule has 8 nitrogen and oxygen atoms in total. The van der Waals surface area contributed by atoms with Crippen molar-refractivity contribution in [1.29, 1.82) is 0 Å². The number of esters is 1. The van der Waals surface area contributed by atoms with Crippen molar-refractivity contribution in [3.63, 3.8) is 0 Å². The Bertz CT molecular complexity index is 1410. The number of benzene rings is 2. The van der Waals surface area contributed by atoms with Crippen molar-refractivity contribution in [3.8, 4) is 0 Å². The average molecular weight is 561 g/mol. The highest BCUT2D eigenvalue weighted by Crippen LogP contribution is 2.32. The Hall–Kier alpha value is -3.93. The third-order valence-electron chi connectivity index (χ3n) is 6.85. The first kappa shape index (κ1) is 29.1. The fourth-order valence-corrected chi connectivity index (χ4v) is 4.71. The molecule has 1 aromatic heterocycles. The van der Waals surface area contributed by atoms with Crippen LogP contribution in [0.4, 0.5) is 17.6 Å². The highest BCUT2D eigenvalue weighted by Gasteiger charge is 2.43. The minimum atomic E-state index is -4.99. The molecule has 12 heteroatoms. The summed E-state index contributed by atoms with van der Waals surface area (Å²) in [6, 6.07) is 12.0. The fraction of sp³-hybridized carbons (Fsp3) is 0.393. The monoisotopic (exact) mass is 560 g/mol. The van der Waals surface area contributed by atoms with Crippen LogP contribution in [0, 0.1) is 11.7 Å². The largest absolute Gasteiger partial charge is 0.460 e. The number of alkyl halides is 3. The first-order valence-corrected chi connectivity index (χ1v) is 12.7. The second-order valence-electron chi connectivity index (χ2n) is 10.4. The molecule has 2 unspecified atom stereocenters. The number of nitrogens with zero attached hydrogens (tertiary/aromatic N) is 2. The van der Waals surface area contributed by atoms with Crippen LogP contribution in [0.5, 0.6) is 0 Å². The number of ketones is 1. The van der Waals surface area contributed by atoms with Crippen LogP contribution in [-0.4, -0.2) is 51.5 Å². The van der Waals surface area contributed by atoms with E-state index in [0.717, 1.165) is 0 Å². The van der Waals surface area contributed by atoms with E-state index in [1.54, 1.807) is 30.3 Å². The lowest BCUT2D eigenvalue weighted by molar-refractivity contribution is -0.172. The minimum absolute atomic E-state index is 0.0328. The second kappa shape index (κ2) is 11.7. The molecule has 40 heavy (non-hydrogen) atoms. The van der Waals surface area contributed by atoms with E-state index < -0.39 is 59.7 Å². The van der Waals surface area contributed by atoms with Crippen molar-refractivity contribution in [3.05, 3.63) is 71.8 Å². The van der Waals surface area contributed by atoms with Crippen LogP contribution in [0.1, 0.15) is 48.7 Å². The number of para-hydroxylation sites is 2. The zero-order chi connectivity index (χ0) is 29.1. The SMILES string of the molecule is CC(N)(CC[C@@H]1CC([C@H](Cc2cccc(F)c2)NC(=O)c2cnc3ccccc3n2)OC1=O)CC(=O)C(F)(F)F. The third-order valence-corrected chi connectivity index (χ3v) is 6.85. The Morgan fingerprint density at radius 1 is 1.15 bits per heavy atom. The number of aromatic nitrogens is 2. The summed E-state index contributed by atoms with van der Waals surface area (Å²) in [4.78, 5) is 45.8. The van der Waals surface area contributed by atoms with E-state index in [4.69, 9.17) is 10.5 Å². The Morgan fingerprint density at radius 2 is 1.88 bits per heavy atom. The van der Waals surface area contributed by atoms with Gasteiger partial charge in [-0.05, 0) is 62.4 Å². The van der Waals surface area contributed by atoms with Crippen LogP contribution >= 0.6 is 0 Å². The molecule has 0 aliphatic carbocycles. The average Bonchev–Trinajstić information content (AvgIpc) is 3.26. The molecular formula is C28H28F4N4O4. The maximum Gasteiger partial charge on any atom is 0.450 e. The number of rotatable bonds is 10. The third kappa shape index (κ3) is 7.38. The standard InChI is InChI=1S/C28H28F4N4O4/c1-27(33,14-24(37)28(30,31)32)10-9-17-13-23(40-26(17)39)21(12-16-5-4-6-18(29)11-16)36-25(38)22-15-34-19-7-2-3-8-20(19)35-22/h2-8,11,15,17,21,23H,9-10,12-14,33H2,1H3,(H,36,38)/t17-,21+,23?,27?/m1/s1. The van der Waals surface area contributed by atoms with Gasteiger partial charge in [0.2, 0.25) is 5.78 Å². The van der Waals surface area contributed by atoms with Gasteiger partial charge in [-0.15, -0.1) is 0 Å². The lowest BCUT2D eigenvalue weighted by Crippen LogP contribution is -2.45. The summed E-state index contributed by atoms with van der Waals surface area (Å²) in [6.07, 6.45) is -5.05. The smallest absolute Gasteiger partial charge is 0.450 e. The number of ether oxygens (including phenoxy) is 1. The van der Waals surface area contributed by atoms with E-state index in [1.807, 2.05) is 0 Å². The van der Waals surface area contributed by atoms with Crippen molar-refractivity contribution >= 4 is 28.7 Å². The number of carbonyl (C=O) groups excluding carboxylic acids is 3. The topological polar surface area (TPSA) is 124 Å². The van der Waals surface area contributed by atoms with E-state index in [1.165, 1.54) is 31.3 Å². The molecule has 2 heterocycles. The number of carbonyl (C=O) groups is 3. The zero-order valence-electron chi connectivity index (χ0n) is 21.6. The highest BCUT2D eigenvalue weighted by atomic mass is 19.4.